The summed E-state index contributed by atoms with van der Waals surface area (Å²) in [4.78, 5) is 14.1. The van der Waals surface area contributed by atoms with Crippen LogP contribution in [0.15, 0.2) is 11.4 Å². The molecular formula is C9H12BrNO2S. The lowest BCUT2D eigenvalue weighted by Gasteiger charge is -2.13. The summed E-state index contributed by atoms with van der Waals surface area (Å²) in [6.45, 7) is 0.707. The Hall–Kier alpha value is -0.550. The fourth-order valence-corrected chi connectivity index (χ4v) is 2.33. The van der Waals surface area contributed by atoms with Gasteiger partial charge in [0.1, 0.15) is 5.75 Å². The number of rotatable bonds is 4. The molecule has 1 heterocycles. The van der Waals surface area contributed by atoms with E-state index in [0.717, 1.165) is 11.1 Å². The summed E-state index contributed by atoms with van der Waals surface area (Å²) < 4.78 is 5.02. The number of thiophene rings is 1. The Morgan fingerprint density at radius 2 is 2.43 bits per heavy atom. The molecule has 0 radical (unpaired) electrons. The molecule has 1 amide bonds. The van der Waals surface area contributed by atoms with E-state index in [1.165, 1.54) is 11.3 Å². The minimum atomic E-state index is 0.0396. The fraction of sp³-hybridized carbons (Fsp3) is 0.444. The minimum Gasteiger partial charge on any atom is -0.496 e. The summed E-state index contributed by atoms with van der Waals surface area (Å²) in [5.41, 5.74) is 0. The molecule has 0 aliphatic carbocycles. The number of alkyl halides is 1. The molecule has 0 aliphatic rings. The van der Waals surface area contributed by atoms with Crippen molar-refractivity contribution in [1.29, 1.82) is 0 Å². The summed E-state index contributed by atoms with van der Waals surface area (Å²) in [6.07, 6.45) is 0. The molecule has 0 spiro atoms. The van der Waals surface area contributed by atoms with Gasteiger partial charge in [0.15, 0.2) is 0 Å². The highest BCUT2D eigenvalue weighted by Gasteiger charge is 2.13. The number of carbonyl (C=O) groups excluding carboxylic acids is 1. The molecule has 0 atom stereocenters. The van der Waals surface area contributed by atoms with Crippen molar-refractivity contribution in [3.63, 3.8) is 0 Å². The topological polar surface area (TPSA) is 29.5 Å². The molecule has 3 nitrogen and oxygen atoms in total. The first-order chi connectivity index (χ1) is 6.69. The Bertz CT molecular complexity index is 314. The Morgan fingerprint density at radius 3 is 2.93 bits per heavy atom. The zero-order valence-electron chi connectivity index (χ0n) is 8.12. The van der Waals surface area contributed by atoms with Crippen LogP contribution in [0, 0.1) is 0 Å². The van der Waals surface area contributed by atoms with Gasteiger partial charge in [0.2, 0.25) is 0 Å². The zero-order chi connectivity index (χ0) is 10.6. The van der Waals surface area contributed by atoms with E-state index in [4.69, 9.17) is 4.74 Å². The highest BCUT2D eigenvalue weighted by atomic mass is 79.9. The summed E-state index contributed by atoms with van der Waals surface area (Å²) in [7, 11) is 3.38. The standard InChI is InChI=1S/C9H12BrNO2S/c1-11(4-3-10)9(12)8-5-7(13-2)6-14-8/h5-6H,3-4H2,1-2H3. The number of halogens is 1. The Kier molecular flexibility index (Phi) is 4.41. The maximum Gasteiger partial charge on any atom is 0.263 e. The van der Waals surface area contributed by atoms with Crippen LogP contribution in [0.1, 0.15) is 9.67 Å². The van der Waals surface area contributed by atoms with Crippen molar-refractivity contribution >= 4 is 33.2 Å². The average Bonchev–Trinajstić information content (AvgIpc) is 2.65. The van der Waals surface area contributed by atoms with Gasteiger partial charge < -0.3 is 9.64 Å². The molecule has 1 rings (SSSR count). The van der Waals surface area contributed by atoms with Crippen LogP contribution in [0.25, 0.3) is 0 Å². The fourth-order valence-electron chi connectivity index (χ4n) is 0.954. The van der Waals surface area contributed by atoms with Gasteiger partial charge in [0, 0.05) is 30.4 Å². The second-order valence-electron chi connectivity index (χ2n) is 2.77. The van der Waals surface area contributed by atoms with Gasteiger partial charge in [-0.3, -0.25) is 4.79 Å². The number of hydrogen-bond donors (Lipinski definition) is 0. The largest absolute Gasteiger partial charge is 0.496 e. The van der Waals surface area contributed by atoms with Crippen LogP contribution in [-0.2, 0) is 0 Å². The smallest absolute Gasteiger partial charge is 0.263 e. The van der Waals surface area contributed by atoms with Crippen LogP contribution in [0.5, 0.6) is 5.75 Å². The minimum absolute atomic E-state index is 0.0396. The van der Waals surface area contributed by atoms with Crippen molar-refractivity contribution < 1.29 is 9.53 Å². The number of hydrogen-bond acceptors (Lipinski definition) is 3. The lowest BCUT2D eigenvalue weighted by molar-refractivity contribution is 0.0808. The van der Waals surface area contributed by atoms with Gasteiger partial charge in [0.25, 0.3) is 5.91 Å². The van der Waals surface area contributed by atoms with Crippen molar-refractivity contribution in [2.45, 2.75) is 0 Å². The quantitative estimate of drug-likeness (QED) is 0.790. The third-order valence-corrected chi connectivity index (χ3v) is 3.04. The van der Waals surface area contributed by atoms with Crippen molar-refractivity contribution in [3.05, 3.63) is 16.3 Å². The molecule has 1 aromatic heterocycles. The molecule has 0 aliphatic heterocycles. The normalized spacial score (nSPS) is 9.93. The lowest BCUT2D eigenvalue weighted by Crippen LogP contribution is -2.27. The van der Waals surface area contributed by atoms with Gasteiger partial charge >= 0.3 is 0 Å². The van der Waals surface area contributed by atoms with Crippen LogP contribution in [-0.4, -0.2) is 36.8 Å². The molecule has 78 valence electrons. The molecule has 14 heavy (non-hydrogen) atoms. The maximum atomic E-state index is 11.7. The van der Waals surface area contributed by atoms with Crippen molar-refractivity contribution in [3.8, 4) is 5.75 Å². The van der Waals surface area contributed by atoms with E-state index >= 15 is 0 Å². The number of carbonyl (C=O) groups is 1. The van der Waals surface area contributed by atoms with Crippen molar-refractivity contribution in [1.82, 2.24) is 4.90 Å². The third kappa shape index (κ3) is 2.72. The molecule has 0 fully saturated rings. The van der Waals surface area contributed by atoms with Gasteiger partial charge in [-0.15, -0.1) is 11.3 Å². The summed E-state index contributed by atoms with van der Waals surface area (Å²) in [6, 6.07) is 1.76. The van der Waals surface area contributed by atoms with Crippen LogP contribution in [0.3, 0.4) is 0 Å². The molecule has 0 saturated carbocycles. The monoisotopic (exact) mass is 277 g/mol. The van der Waals surface area contributed by atoms with Crippen LogP contribution in [0.2, 0.25) is 0 Å². The van der Waals surface area contributed by atoms with E-state index in [-0.39, 0.29) is 5.91 Å². The van der Waals surface area contributed by atoms with E-state index in [1.54, 1.807) is 25.1 Å². The van der Waals surface area contributed by atoms with E-state index in [2.05, 4.69) is 15.9 Å². The van der Waals surface area contributed by atoms with Gasteiger partial charge in [-0.25, -0.2) is 0 Å². The summed E-state index contributed by atoms with van der Waals surface area (Å²) >= 11 is 4.70. The first-order valence-electron chi connectivity index (χ1n) is 4.13. The predicted octanol–water partition coefficient (Wildman–Crippen LogP) is 2.22. The highest BCUT2D eigenvalue weighted by Crippen LogP contribution is 2.22. The Balaban J connectivity index is 2.68. The lowest BCUT2D eigenvalue weighted by atomic mass is 10.4. The summed E-state index contributed by atoms with van der Waals surface area (Å²) in [5.74, 6) is 0.781. The van der Waals surface area contributed by atoms with Crippen LogP contribution < -0.4 is 4.74 Å². The van der Waals surface area contributed by atoms with E-state index in [0.29, 0.717) is 11.4 Å². The summed E-state index contributed by atoms with van der Waals surface area (Å²) in [5, 5.41) is 2.62. The van der Waals surface area contributed by atoms with Crippen molar-refractivity contribution in [2.75, 3.05) is 26.0 Å². The predicted molar refractivity (Wildman–Crippen MR) is 61.6 cm³/mol. The molecule has 0 saturated heterocycles. The molecule has 1 aromatic rings. The van der Waals surface area contributed by atoms with Crippen LogP contribution in [0.4, 0.5) is 0 Å². The molecule has 0 unspecified atom stereocenters. The molecule has 0 bridgehead atoms. The van der Waals surface area contributed by atoms with Gasteiger partial charge in [0.05, 0.1) is 12.0 Å². The maximum absolute atomic E-state index is 11.7. The zero-order valence-corrected chi connectivity index (χ0v) is 10.5. The van der Waals surface area contributed by atoms with E-state index in [1.807, 2.05) is 5.38 Å². The Morgan fingerprint density at radius 1 is 1.71 bits per heavy atom. The average molecular weight is 278 g/mol. The number of ether oxygens (including phenoxy) is 1. The van der Waals surface area contributed by atoms with Crippen LogP contribution >= 0.6 is 27.3 Å². The van der Waals surface area contributed by atoms with Gasteiger partial charge in [-0.05, 0) is 0 Å². The first kappa shape index (κ1) is 11.5. The second kappa shape index (κ2) is 5.36. The van der Waals surface area contributed by atoms with E-state index < -0.39 is 0 Å². The van der Waals surface area contributed by atoms with E-state index in [9.17, 15) is 4.79 Å². The molecule has 0 aromatic carbocycles. The molecular weight excluding hydrogens is 266 g/mol. The SMILES string of the molecule is COc1csc(C(=O)N(C)CCBr)c1. The second-order valence-corrected chi connectivity index (χ2v) is 4.47. The molecule has 5 heteroatoms. The van der Waals surface area contributed by atoms with Crippen molar-refractivity contribution in [2.24, 2.45) is 0 Å². The number of nitrogens with zero attached hydrogens (tertiary/aromatic N) is 1. The number of methoxy groups -OCH3 is 1. The number of amides is 1. The first-order valence-corrected chi connectivity index (χ1v) is 6.13. The highest BCUT2D eigenvalue weighted by molar-refractivity contribution is 9.09. The third-order valence-electron chi connectivity index (χ3n) is 1.79. The molecule has 0 N–H and O–H groups in total. The van der Waals surface area contributed by atoms with Gasteiger partial charge in [-0.2, -0.15) is 0 Å². The van der Waals surface area contributed by atoms with Gasteiger partial charge in [-0.1, -0.05) is 15.9 Å². The Labute approximate surface area is 95.8 Å².